The van der Waals surface area contributed by atoms with E-state index in [2.05, 4.69) is 47.3 Å². The minimum atomic E-state index is -0.450. The van der Waals surface area contributed by atoms with Crippen molar-refractivity contribution in [2.45, 2.75) is 51.8 Å². The summed E-state index contributed by atoms with van der Waals surface area (Å²) in [6.07, 6.45) is 2.87. The molecule has 0 aliphatic heterocycles. The fourth-order valence-corrected chi connectivity index (χ4v) is 5.85. The van der Waals surface area contributed by atoms with Gasteiger partial charge in [-0.25, -0.2) is 9.37 Å². The largest absolute Gasteiger partial charge is 0.483 e. The number of amides is 1. The Labute approximate surface area is 206 Å². The monoisotopic (exact) mass is 499 g/mol. The molecule has 34 heavy (non-hydrogen) atoms. The Bertz CT molecular complexity index is 1220. The number of carbonyl (C=O) groups excluding carboxylic acids is 1. The van der Waals surface area contributed by atoms with Gasteiger partial charge in [0.25, 0.3) is 0 Å². The van der Waals surface area contributed by atoms with E-state index >= 15 is 0 Å². The maximum atomic E-state index is 13.6. The molecule has 10 heteroatoms. The number of carbonyl (C=O) groups is 1. The lowest BCUT2D eigenvalue weighted by Crippen LogP contribution is -2.26. The Hall–Kier alpha value is -2.90. The van der Waals surface area contributed by atoms with Crippen molar-refractivity contribution in [3.8, 4) is 11.8 Å². The molecule has 3 aromatic rings. The lowest BCUT2D eigenvalue weighted by atomic mass is 9.72. The number of aromatic amines is 1. The van der Waals surface area contributed by atoms with E-state index in [1.165, 1.54) is 40.1 Å². The summed E-state index contributed by atoms with van der Waals surface area (Å²) in [4.78, 5) is 18.1. The Morgan fingerprint density at radius 1 is 1.41 bits per heavy atom. The third-order valence-electron chi connectivity index (χ3n) is 5.90. The molecule has 178 valence electrons. The standard InChI is InChI=1S/C24H26FN5O2S2/c1-24(2,3)14-8-9-15-16(11-26)22(34-19(15)10-14)28-21(31)13-33-23-27-20(29-30-23)12-32-18-7-5-4-6-17(18)25/h4-7,14H,8-10,12-13H2,1-3H3,(H,28,31)(H,27,29,30)/t14-/m0/s1. The van der Waals surface area contributed by atoms with Crippen LogP contribution < -0.4 is 10.1 Å². The predicted octanol–water partition coefficient (Wildman–Crippen LogP) is 5.34. The van der Waals surface area contributed by atoms with E-state index in [1.807, 2.05) is 0 Å². The smallest absolute Gasteiger partial charge is 0.235 e. The van der Waals surface area contributed by atoms with Gasteiger partial charge in [-0.2, -0.15) is 5.26 Å². The van der Waals surface area contributed by atoms with Crippen molar-refractivity contribution in [3.63, 3.8) is 0 Å². The van der Waals surface area contributed by atoms with Gasteiger partial charge < -0.3 is 10.1 Å². The molecule has 1 aliphatic carbocycles. The number of fused-ring (bicyclic) bond motifs is 1. The number of nitrogens with zero attached hydrogens (tertiary/aromatic N) is 3. The molecule has 0 saturated heterocycles. The van der Waals surface area contributed by atoms with Crippen LogP contribution in [-0.2, 0) is 24.2 Å². The average molecular weight is 500 g/mol. The molecule has 2 heterocycles. The van der Waals surface area contributed by atoms with Gasteiger partial charge in [0.15, 0.2) is 17.4 Å². The zero-order chi connectivity index (χ0) is 24.3. The zero-order valence-electron chi connectivity index (χ0n) is 19.3. The Balaban J connectivity index is 1.32. The SMILES string of the molecule is CC(C)(C)[C@H]1CCc2c(sc(NC(=O)CSc3n[nH]c(COc4ccccc4F)n3)c2C#N)C1. The molecular weight excluding hydrogens is 473 g/mol. The maximum Gasteiger partial charge on any atom is 0.235 e. The molecule has 7 nitrogen and oxygen atoms in total. The quantitative estimate of drug-likeness (QED) is 0.426. The van der Waals surface area contributed by atoms with E-state index < -0.39 is 5.82 Å². The highest BCUT2D eigenvalue weighted by Crippen LogP contribution is 2.44. The summed E-state index contributed by atoms with van der Waals surface area (Å²) in [5.74, 6) is 0.552. The summed E-state index contributed by atoms with van der Waals surface area (Å²) in [5, 5.41) is 20.4. The van der Waals surface area contributed by atoms with Gasteiger partial charge in [-0.3, -0.25) is 9.89 Å². The van der Waals surface area contributed by atoms with Crippen LogP contribution in [0.4, 0.5) is 9.39 Å². The Morgan fingerprint density at radius 2 is 2.21 bits per heavy atom. The highest BCUT2D eigenvalue weighted by atomic mass is 32.2. The number of thioether (sulfide) groups is 1. The summed E-state index contributed by atoms with van der Waals surface area (Å²) < 4.78 is 19.1. The number of hydrogen-bond acceptors (Lipinski definition) is 7. The van der Waals surface area contributed by atoms with Gasteiger partial charge in [0.2, 0.25) is 11.1 Å². The van der Waals surface area contributed by atoms with Gasteiger partial charge >= 0.3 is 0 Å². The first-order valence-electron chi connectivity index (χ1n) is 11.0. The lowest BCUT2D eigenvalue weighted by molar-refractivity contribution is -0.113. The summed E-state index contributed by atoms with van der Waals surface area (Å²) >= 11 is 2.69. The molecule has 2 aromatic heterocycles. The molecule has 1 atom stereocenters. The van der Waals surface area contributed by atoms with Crippen LogP contribution in [0.2, 0.25) is 0 Å². The topological polar surface area (TPSA) is 104 Å². The van der Waals surface area contributed by atoms with Crippen molar-refractivity contribution in [2.24, 2.45) is 11.3 Å². The number of nitrogens with one attached hydrogen (secondary N) is 2. The van der Waals surface area contributed by atoms with Crippen molar-refractivity contribution >= 4 is 34.0 Å². The first-order chi connectivity index (χ1) is 16.2. The van der Waals surface area contributed by atoms with Gasteiger partial charge in [0, 0.05) is 4.88 Å². The number of rotatable bonds is 7. The molecule has 0 radical (unpaired) electrons. The third kappa shape index (κ3) is 5.59. The van der Waals surface area contributed by atoms with E-state index in [4.69, 9.17) is 4.74 Å². The van der Waals surface area contributed by atoms with Crippen LogP contribution >= 0.6 is 23.1 Å². The van der Waals surface area contributed by atoms with Crippen LogP contribution in [-0.4, -0.2) is 26.8 Å². The highest BCUT2D eigenvalue weighted by Gasteiger charge is 2.32. The maximum absolute atomic E-state index is 13.6. The normalized spacial score (nSPS) is 15.4. The number of para-hydroxylation sites is 1. The average Bonchev–Trinajstić information content (AvgIpc) is 3.39. The number of benzene rings is 1. The number of anilines is 1. The number of nitriles is 1. The second kappa shape index (κ2) is 10.2. The van der Waals surface area contributed by atoms with Gasteiger partial charge in [-0.15, -0.1) is 16.4 Å². The lowest BCUT2D eigenvalue weighted by Gasteiger charge is -2.33. The minimum absolute atomic E-state index is 0.0303. The molecule has 2 N–H and O–H groups in total. The van der Waals surface area contributed by atoms with Crippen molar-refractivity contribution in [1.29, 1.82) is 5.26 Å². The minimum Gasteiger partial charge on any atom is -0.483 e. The van der Waals surface area contributed by atoms with Crippen LogP contribution in [0.5, 0.6) is 5.75 Å². The molecule has 1 aliphatic rings. The van der Waals surface area contributed by atoms with Crippen LogP contribution in [0.3, 0.4) is 0 Å². The third-order valence-corrected chi connectivity index (χ3v) is 7.92. The van der Waals surface area contributed by atoms with Crippen LogP contribution in [0.15, 0.2) is 29.4 Å². The first-order valence-corrected chi connectivity index (χ1v) is 12.8. The fourth-order valence-electron chi connectivity index (χ4n) is 3.94. The highest BCUT2D eigenvalue weighted by molar-refractivity contribution is 7.99. The van der Waals surface area contributed by atoms with Gasteiger partial charge in [-0.05, 0) is 48.3 Å². The zero-order valence-corrected chi connectivity index (χ0v) is 20.9. The second-order valence-corrected chi connectivity index (χ2v) is 11.3. The number of aromatic nitrogens is 3. The van der Waals surface area contributed by atoms with E-state index in [0.717, 1.165) is 24.8 Å². The molecule has 1 aromatic carbocycles. The molecule has 0 unspecified atom stereocenters. The molecule has 0 fully saturated rings. The fraction of sp³-hybridized carbons (Fsp3) is 0.417. The predicted molar refractivity (Wildman–Crippen MR) is 130 cm³/mol. The van der Waals surface area contributed by atoms with Crippen molar-refractivity contribution < 1.29 is 13.9 Å². The Morgan fingerprint density at radius 3 is 2.94 bits per heavy atom. The number of halogens is 1. The molecular formula is C24H26FN5O2S2. The van der Waals surface area contributed by atoms with Crippen molar-refractivity contribution in [1.82, 2.24) is 15.2 Å². The molecule has 0 spiro atoms. The number of H-pyrrole nitrogens is 1. The van der Waals surface area contributed by atoms with E-state index in [9.17, 15) is 14.4 Å². The van der Waals surface area contributed by atoms with E-state index in [-0.39, 0.29) is 29.4 Å². The molecule has 0 bridgehead atoms. The second-order valence-electron chi connectivity index (χ2n) is 9.25. The first kappa shape index (κ1) is 24.2. The van der Waals surface area contributed by atoms with Crippen LogP contribution in [0.25, 0.3) is 0 Å². The van der Waals surface area contributed by atoms with Crippen molar-refractivity contribution in [2.75, 3.05) is 11.1 Å². The van der Waals surface area contributed by atoms with Gasteiger partial charge in [0.1, 0.15) is 17.7 Å². The number of thiophene rings is 1. The van der Waals surface area contributed by atoms with E-state index in [0.29, 0.717) is 27.5 Å². The number of ether oxygens (including phenoxy) is 1. The summed E-state index contributed by atoms with van der Waals surface area (Å²) in [6.45, 7) is 6.79. The van der Waals surface area contributed by atoms with Gasteiger partial charge in [-0.1, -0.05) is 44.7 Å². The van der Waals surface area contributed by atoms with Gasteiger partial charge in [0.05, 0.1) is 11.3 Å². The van der Waals surface area contributed by atoms with Crippen molar-refractivity contribution in [3.05, 3.63) is 51.9 Å². The van der Waals surface area contributed by atoms with E-state index in [1.54, 1.807) is 12.1 Å². The number of hydrogen-bond donors (Lipinski definition) is 2. The molecule has 1 amide bonds. The summed E-state index contributed by atoms with van der Waals surface area (Å²) in [7, 11) is 0. The van der Waals surface area contributed by atoms with Crippen LogP contribution in [0.1, 0.15) is 49.0 Å². The Kier molecular flexibility index (Phi) is 7.24. The summed E-state index contributed by atoms with van der Waals surface area (Å²) in [5.41, 5.74) is 1.89. The molecule has 0 saturated carbocycles. The summed E-state index contributed by atoms with van der Waals surface area (Å²) in [6, 6.07) is 8.42. The van der Waals surface area contributed by atoms with Crippen LogP contribution in [0, 0.1) is 28.5 Å². The molecule has 4 rings (SSSR count).